The summed E-state index contributed by atoms with van der Waals surface area (Å²) in [5.74, 6) is 6.01. The number of nitrogens with zero attached hydrogens (tertiary/aromatic N) is 1. The Labute approximate surface area is 116 Å². The zero-order valence-electron chi connectivity index (χ0n) is 10.6. The first kappa shape index (κ1) is 14.0. The Bertz CT molecular complexity index is 548. The molecule has 1 aromatic carbocycles. The highest BCUT2D eigenvalue weighted by Gasteiger charge is 2.12. The van der Waals surface area contributed by atoms with Crippen LogP contribution in [-0.2, 0) is 0 Å². The Hall–Kier alpha value is -1.43. The Balaban J connectivity index is 2.06. The summed E-state index contributed by atoms with van der Waals surface area (Å²) in [6.07, 6.45) is 3.57. The Morgan fingerprint density at radius 2 is 2.16 bits per heavy atom. The maximum atomic E-state index is 13.5. The van der Waals surface area contributed by atoms with Gasteiger partial charge in [-0.3, -0.25) is 16.3 Å². The fourth-order valence-electron chi connectivity index (χ4n) is 1.74. The van der Waals surface area contributed by atoms with Crippen molar-refractivity contribution < 1.29 is 4.39 Å². The van der Waals surface area contributed by atoms with E-state index in [0.29, 0.717) is 10.6 Å². The number of aromatic nitrogens is 1. The Morgan fingerprint density at radius 3 is 2.84 bits per heavy atom. The van der Waals surface area contributed by atoms with E-state index >= 15 is 0 Å². The standard InChI is InChI=1S/C14H16FN3S/c1-10-6-11(8-17-7-10)13(18-16)9-19-14-5-3-2-4-12(14)15/h2-8,13,18H,9,16H2,1H3. The Morgan fingerprint density at radius 1 is 1.37 bits per heavy atom. The SMILES string of the molecule is Cc1cncc(C(CSc2ccccc2F)NN)c1. The zero-order valence-corrected chi connectivity index (χ0v) is 11.5. The number of thioether (sulfide) groups is 1. The van der Waals surface area contributed by atoms with Gasteiger partial charge in [0.25, 0.3) is 0 Å². The van der Waals surface area contributed by atoms with E-state index in [1.54, 1.807) is 24.5 Å². The lowest BCUT2D eigenvalue weighted by molar-refractivity contribution is 0.596. The van der Waals surface area contributed by atoms with E-state index in [1.807, 2.05) is 19.1 Å². The van der Waals surface area contributed by atoms with Crippen LogP contribution in [0.5, 0.6) is 0 Å². The highest BCUT2D eigenvalue weighted by molar-refractivity contribution is 7.99. The summed E-state index contributed by atoms with van der Waals surface area (Å²) in [5.41, 5.74) is 4.84. The summed E-state index contributed by atoms with van der Waals surface area (Å²) in [4.78, 5) is 4.77. The van der Waals surface area contributed by atoms with Gasteiger partial charge in [0, 0.05) is 23.0 Å². The lowest BCUT2D eigenvalue weighted by Gasteiger charge is -2.16. The molecule has 0 saturated carbocycles. The molecule has 2 rings (SSSR count). The van der Waals surface area contributed by atoms with Crippen LogP contribution in [0.4, 0.5) is 4.39 Å². The summed E-state index contributed by atoms with van der Waals surface area (Å²) in [6, 6.07) is 8.70. The van der Waals surface area contributed by atoms with E-state index in [4.69, 9.17) is 5.84 Å². The molecule has 3 N–H and O–H groups in total. The van der Waals surface area contributed by atoms with Gasteiger partial charge in [-0.1, -0.05) is 18.2 Å². The maximum Gasteiger partial charge on any atom is 0.136 e. The number of rotatable bonds is 5. The molecule has 0 amide bonds. The second-order valence-electron chi connectivity index (χ2n) is 4.26. The molecule has 1 atom stereocenters. The van der Waals surface area contributed by atoms with Gasteiger partial charge in [0.05, 0.1) is 6.04 Å². The number of hydrogen-bond donors (Lipinski definition) is 2. The van der Waals surface area contributed by atoms with Crippen LogP contribution in [0.1, 0.15) is 17.2 Å². The normalized spacial score (nSPS) is 12.4. The maximum absolute atomic E-state index is 13.5. The molecule has 0 aliphatic heterocycles. The molecule has 0 fully saturated rings. The summed E-state index contributed by atoms with van der Waals surface area (Å²) in [7, 11) is 0. The highest BCUT2D eigenvalue weighted by atomic mass is 32.2. The number of nitrogens with one attached hydrogen (secondary N) is 1. The van der Waals surface area contributed by atoms with Gasteiger partial charge in [-0.15, -0.1) is 11.8 Å². The molecule has 0 saturated heterocycles. The largest absolute Gasteiger partial charge is 0.271 e. The molecule has 100 valence electrons. The van der Waals surface area contributed by atoms with E-state index in [9.17, 15) is 4.39 Å². The van der Waals surface area contributed by atoms with Crippen LogP contribution < -0.4 is 11.3 Å². The monoisotopic (exact) mass is 277 g/mol. The van der Waals surface area contributed by atoms with Crippen molar-refractivity contribution >= 4 is 11.8 Å². The molecular formula is C14H16FN3S. The van der Waals surface area contributed by atoms with Crippen LogP contribution in [0.25, 0.3) is 0 Å². The van der Waals surface area contributed by atoms with Crippen molar-refractivity contribution in [2.45, 2.75) is 17.9 Å². The number of hydrogen-bond acceptors (Lipinski definition) is 4. The van der Waals surface area contributed by atoms with Crippen molar-refractivity contribution in [1.82, 2.24) is 10.4 Å². The van der Waals surface area contributed by atoms with Gasteiger partial charge in [-0.2, -0.15) is 0 Å². The minimum atomic E-state index is -0.203. The minimum absolute atomic E-state index is 0.0583. The van der Waals surface area contributed by atoms with Gasteiger partial charge < -0.3 is 0 Å². The van der Waals surface area contributed by atoms with Gasteiger partial charge in [0.1, 0.15) is 5.82 Å². The molecule has 0 aliphatic carbocycles. The third-order valence-corrected chi connectivity index (χ3v) is 3.88. The van der Waals surface area contributed by atoms with E-state index in [-0.39, 0.29) is 11.9 Å². The van der Waals surface area contributed by atoms with Gasteiger partial charge in [-0.05, 0) is 30.2 Å². The minimum Gasteiger partial charge on any atom is -0.271 e. The van der Waals surface area contributed by atoms with E-state index in [2.05, 4.69) is 10.4 Å². The highest BCUT2D eigenvalue weighted by Crippen LogP contribution is 2.26. The quantitative estimate of drug-likeness (QED) is 0.501. The lowest BCUT2D eigenvalue weighted by atomic mass is 10.1. The Kier molecular flexibility index (Phi) is 4.90. The molecule has 0 bridgehead atoms. The number of pyridine rings is 1. The molecule has 19 heavy (non-hydrogen) atoms. The van der Waals surface area contributed by atoms with Crippen molar-refractivity contribution in [2.24, 2.45) is 5.84 Å². The van der Waals surface area contributed by atoms with Gasteiger partial charge in [0.2, 0.25) is 0 Å². The smallest absolute Gasteiger partial charge is 0.136 e. The van der Waals surface area contributed by atoms with Crippen LogP contribution in [0, 0.1) is 12.7 Å². The summed E-state index contributed by atoms with van der Waals surface area (Å²) < 4.78 is 13.5. The first-order chi connectivity index (χ1) is 9.20. The number of benzene rings is 1. The first-order valence-electron chi connectivity index (χ1n) is 5.95. The third kappa shape index (κ3) is 3.76. The van der Waals surface area contributed by atoms with E-state index in [1.165, 1.54) is 17.8 Å². The molecular weight excluding hydrogens is 261 g/mol. The predicted octanol–water partition coefficient (Wildman–Crippen LogP) is 2.83. The van der Waals surface area contributed by atoms with Crippen molar-refractivity contribution in [3.05, 3.63) is 59.7 Å². The average molecular weight is 277 g/mol. The van der Waals surface area contributed by atoms with Crippen molar-refractivity contribution in [2.75, 3.05) is 5.75 Å². The van der Waals surface area contributed by atoms with Gasteiger partial charge in [-0.25, -0.2) is 4.39 Å². The topological polar surface area (TPSA) is 50.9 Å². The number of halogens is 1. The molecule has 2 aromatic rings. The fourth-order valence-corrected chi connectivity index (χ4v) is 2.76. The number of nitrogens with two attached hydrogens (primary N) is 1. The summed E-state index contributed by atoms with van der Waals surface area (Å²) >= 11 is 1.44. The number of hydrazine groups is 1. The van der Waals surface area contributed by atoms with Crippen molar-refractivity contribution in [1.29, 1.82) is 0 Å². The average Bonchev–Trinajstić information content (AvgIpc) is 2.41. The molecule has 0 spiro atoms. The molecule has 1 unspecified atom stereocenters. The van der Waals surface area contributed by atoms with Crippen LogP contribution in [0.3, 0.4) is 0 Å². The first-order valence-corrected chi connectivity index (χ1v) is 6.94. The fraction of sp³-hybridized carbons (Fsp3) is 0.214. The van der Waals surface area contributed by atoms with Crippen molar-refractivity contribution in [3.8, 4) is 0 Å². The lowest BCUT2D eigenvalue weighted by Crippen LogP contribution is -2.29. The van der Waals surface area contributed by atoms with Gasteiger partial charge >= 0.3 is 0 Å². The van der Waals surface area contributed by atoms with Crippen LogP contribution in [0.15, 0.2) is 47.6 Å². The molecule has 5 heteroatoms. The second-order valence-corrected chi connectivity index (χ2v) is 5.32. The van der Waals surface area contributed by atoms with Crippen LogP contribution in [-0.4, -0.2) is 10.7 Å². The van der Waals surface area contributed by atoms with Gasteiger partial charge in [0.15, 0.2) is 0 Å². The van der Waals surface area contributed by atoms with Crippen LogP contribution >= 0.6 is 11.8 Å². The molecule has 0 radical (unpaired) electrons. The third-order valence-electron chi connectivity index (χ3n) is 2.74. The summed E-state index contributed by atoms with van der Waals surface area (Å²) in [6.45, 7) is 1.98. The number of aryl methyl sites for hydroxylation is 1. The van der Waals surface area contributed by atoms with E-state index < -0.39 is 0 Å². The summed E-state index contributed by atoms with van der Waals surface area (Å²) in [5, 5.41) is 0. The predicted molar refractivity (Wildman–Crippen MR) is 76.2 cm³/mol. The second kappa shape index (κ2) is 6.65. The molecule has 0 aliphatic rings. The van der Waals surface area contributed by atoms with E-state index in [0.717, 1.165) is 11.1 Å². The molecule has 1 aromatic heterocycles. The zero-order chi connectivity index (χ0) is 13.7. The van der Waals surface area contributed by atoms with Crippen LogP contribution in [0.2, 0.25) is 0 Å². The van der Waals surface area contributed by atoms with Crippen molar-refractivity contribution in [3.63, 3.8) is 0 Å². The molecule has 1 heterocycles. The molecule has 3 nitrogen and oxygen atoms in total.